The summed E-state index contributed by atoms with van der Waals surface area (Å²) in [7, 11) is 0. The van der Waals surface area contributed by atoms with Crippen LogP contribution < -0.4 is 10.2 Å². The van der Waals surface area contributed by atoms with Gasteiger partial charge in [-0.2, -0.15) is 0 Å². The molecule has 2 heterocycles. The van der Waals surface area contributed by atoms with E-state index in [-0.39, 0.29) is 11.7 Å². The highest BCUT2D eigenvalue weighted by Crippen LogP contribution is 2.30. The maximum absolute atomic E-state index is 13.3. The monoisotopic (exact) mass is 415 g/mol. The second kappa shape index (κ2) is 8.26. The number of nitrogens with zero attached hydrogens (tertiary/aromatic N) is 2. The van der Waals surface area contributed by atoms with Gasteiger partial charge in [-0.25, -0.2) is 13.8 Å². The van der Waals surface area contributed by atoms with Crippen LogP contribution in [0.1, 0.15) is 23.2 Å². The van der Waals surface area contributed by atoms with Crippen molar-refractivity contribution < 1.29 is 18.7 Å². The average Bonchev–Trinajstić information content (AvgIpc) is 3.18. The van der Waals surface area contributed by atoms with Crippen molar-refractivity contribution in [1.82, 2.24) is 4.98 Å². The van der Waals surface area contributed by atoms with E-state index in [9.17, 15) is 18.7 Å². The number of aliphatic hydroxyl groups is 1. The van der Waals surface area contributed by atoms with Crippen LogP contribution in [0.25, 0.3) is 11.3 Å². The van der Waals surface area contributed by atoms with Gasteiger partial charge in [-0.15, -0.1) is 11.3 Å². The number of anilines is 2. The molecule has 1 aromatic heterocycles. The maximum atomic E-state index is 13.3. The van der Waals surface area contributed by atoms with Crippen molar-refractivity contribution in [2.24, 2.45) is 0 Å². The van der Waals surface area contributed by atoms with Gasteiger partial charge in [0.1, 0.15) is 11.6 Å². The minimum absolute atomic E-state index is 0.0869. The second-order valence-electron chi connectivity index (χ2n) is 6.93. The third kappa shape index (κ3) is 4.60. The van der Waals surface area contributed by atoms with Crippen LogP contribution in [0.2, 0.25) is 0 Å². The number of hydrogen-bond acceptors (Lipinski definition) is 5. The zero-order valence-electron chi connectivity index (χ0n) is 15.4. The number of amides is 1. The van der Waals surface area contributed by atoms with Crippen LogP contribution in [0, 0.1) is 11.6 Å². The SMILES string of the molecule is O=C(Nc1cccc(-c2csc(N3CCC(O)CC3)n2)c1)c1cc(F)cc(F)c1. The van der Waals surface area contributed by atoms with E-state index in [4.69, 9.17) is 0 Å². The Kier molecular flexibility index (Phi) is 5.55. The molecule has 1 fully saturated rings. The predicted octanol–water partition coefficient (Wildman–Crippen LogP) is 4.30. The predicted molar refractivity (Wildman–Crippen MR) is 109 cm³/mol. The van der Waals surface area contributed by atoms with Crippen molar-refractivity contribution in [1.29, 1.82) is 0 Å². The Bertz CT molecular complexity index is 1010. The Morgan fingerprint density at radius 3 is 2.59 bits per heavy atom. The van der Waals surface area contributed by atoms with Crippen LogP contribution in [0.5, 0.6) is 0 Å². The zero-order valence-corrected chi connectivity index (χ0v) is 16.3. The summed E-state index contributed by atoms with van der Waals surface area (Å²) in [6, 6.07) is 9.85. The second-order valence-corrected chi connectivity index (χ2v) is 7.76. The van der Waals surface area contributed by atoms with Gasteiger partial charge in [-0.1, -0.05) is 12.1 Å². The quantitative estimate of drug-likeness (QED) is 0.667. The van der Waals surface area contributed by atoms with Crippen LogP contribution >= 0.6 is 11.3 Å². The molecular formula is C21H19F2N3O2S. The summed E-state index contributed by atoms with van der Waals surface area (Å²) in [5.41, 5.74) is 2.03. The molecule has 29 heavy (non-hydrogen) atoms. The average molecular weight is 415 g/mol. The first kappa shape index (κ1) is 19.5. The molecule has 5 nitrogen and oxygen atoms in total. The Balaban J connectivity index is 1.49. The van der Waals surface area contributed by atoms with Crippen LogP contribution in [0.4, 0.5) is 19.6 Å². The Morgan fingerprint density at radius 2 is 1.86 bits per heavy atom. The van der Waals surface area contributed by atoms with E-state index < -0.39 is 17.5 Å². The lowest BCUT2D eigenvalue weighted by Gasteiger charge is -2.29. The fourth-order valence-electron chi connectivity index (χ4n) is 3.24. The normalized spacial score (nSPS) is 14.8. The molecule has 0 saturated carbocycles. The number of aliphatic hydroxyl groups excluding tert-OH is 1. The van der Waals surface area contributed by atoms with E-state index in [0.29, 0.717) is 5.69 Å². The van der Waals surface area contributed by atoms with Crippen molar-refractivity contribution in [2.45, 2.75) is 18.9 Å². The maximum Gasteiger partial charge on any atom is 0.255 e. The highest BCUT2D eigenvalue weighted by molar-refractivity contribution is 7.14. The summed E-state index contributed by atoms with van der Waals surface area (Å²) in [5, 5.41) is 15.2. The fourth-order valence-corrected chi connectivity index (χ4v) is 4.13. The number of carbonyl (C=O) groups is 1. The summed E-state index contributed by atoms with van der Waals surface area (Å²) in [5.74, 6) is -2.19. The third-order valence-electron chi connectivity index (χ3n) is 4.77. The first-order chi connectivity index (χ1) is 14.0. The fraction of sp³-hybridized carbons (Fsp3) is 0.238. The molecule has 1 amide bonds. The number of nitrogens with one attached hydrogen (secondary N) is 1. The topological polar surface area (TPSA) is 65.5 Å². The van der Waals surface area contributed by atoms with Crippen LogP contribution in [0.3, 0.4) is 0 Å². The molecule has 2 N–H and O–H groups in total. The Hall–Kier alpha value is -2.84. The standard InChI is InChI=1S/C21H19F2N3O2S/c22-15-8-14(9-16(23)11-15)20(28)24-17-3-1-2-13(10-17)19-12-29-21(25-19)26-6-4-18(27)5-7-26/h1-3,8-12,18,27H,4-7H2,(H,24,28). The van der Waals surface area contributed by atoms with Crippen LogP contribution in [0.15, 0.2) is 47.8 Å². The van der Waals surface area contributed by atoms with Crippen molar-refractivity contribution in [3.63, 3.8) is 0 Å². The van der Waals surface area contributed by atoms with E-state index >= 15 is 0 Å². The number of rotatable bonds is 4. The third-order valence-corrected chi connectivity index (χ3v) is 5.67. The molecule has 0 unspecified atom stereocenters. The first-order valence-corrected chi connectivity index (χ1v) is 10.1. The summed E-state index contributed by atoms with van der Waals surface area (Å²) in [6.45, 7) is 1.54. The molecule has 3 aromatic rings. The molecule has 4 rings (SSSR count). The molecular weight excluding hydrogens is 396 g/mol. The minimum atomic E-state index is -0.802. The van der Waals surface area contributed by atoms with E-state index in [2.05, 4.69) is 15.2 Å². The van der Waals surface area contributed by atoms with Gasteiger partial charge in [0.2, 0.25) is 0 Å². The highest BCUT2D eigenvalue weighted by atomic mass is 32.1. The lowest BCUT2D eigenvalue weighted by molar-refractivity contribution is 0.102. The zero-order chi connectivity index (χ0) is 20.4. The number of benzene rings is 2. The van der Waals surface area contributed by atoms with Gasteiger partial charge in [-0.3, -0.25) is 4.79 Å². The molecule has 0 aliphatic carbocycles. The summed E-state index contributed by atoms with van der Waals surface area (Å²) < 4.78 is 26.7. The lowest BCUT2D eigenvalue weighted by Crippen LogP contribution is -2.35. The van der Waals surface area contributed by atoms with Gasteiger partial charge < -0.3 is 15.3 Å². The number of piperidine rings is 1. The summed E-state index contributed by atoms with van der Waals surface area (Å²) in [4.78, 5) is 19.2. The van der Waals surface area contributed by atoms with Crippen LogP contribution in [-0.4, -0.2) is 35.2 Å². The smallest absolute Gasteiger partial charge is 0.255 e. The number of thiazole rings is 1. The van der Waals surface area contributed by atoms with Crippen molar-refractivity contribution in [3.05, 3.63) is 65.0 Å². The Labute approximate surface area is 170 Å². The van der Waals surface area contributed by atoms with E-state index in [1.165, 1.54) is 11.3 Å². The molecule has 0 bridgehead atoms. The molecule has 150 valence electrons. The van der Waals surface area contributed by atoms with E-state index in [1.54, 1.807) is 18.2 Å². The molecule has 1 aliphatic heterocycles. The molecule has 1 saturated heterocycles. The highest BCUT2D eigenvalue weighted by Gasteiger charge is 2.20. The van der Waals surface area contributed by atoms with Gasteiger partial charge in [0, 0.05) is 41.4 Å². The van der Waals surface area contributed by atoms with E-state index in [1.807, 2.05) is 11.4 Å². The van der Waals surface area contributed by atoms with E-state index in [0.717, 1.165) is 60.5 Å². The molecule has 8 heteroatoms. The van der Waals surface area contributed by atoms with Gasteiger partial charge in [0.05, 0.1) is 11.8 Å². The molecule has 0 radical (unpaired) electrons. The molecule has 0 spiro atoms. The number of aromatic nitrogens is 1. The van der Waals surface area contributed by atoms with Crippen molar-refractivity contribution in [3.8, 4) is 11.3 Å². The summed E-state index contributed by atoms with van der Waals surface area (Å²) >= 11 is 1.53. The number of hydrogen-bond donors (Lipinski definition) is 2. The Morgan fingerprint density at radius 1 is 1.14 bits per heavy atom. The van der Waals surface area contributed by atoms with Gasteiger partial charge in [-0.05, 0) is 37.1 Å². The molecule has 0 atom stereocenters. The van der Waals surface area contributed by atoms with Crippen molar-refractivity contribution >= 4 is 28.1 Å². The van der Waals surface area contributed by atoms with Gasteiger partial charge in [0.15, 0.2) is 5.13 Å². The minimum Gasteiger partial charge on any atom is -0.393 e. The number of carbonyl (C=O) groups excluding carboxylic acids is 1. The van der Waals surface area contributed by atoms with Gasteiger partial charge >= 0.3 is 0 Å². The summed E-state index contributed by atoms with van der Waals surface area (Å²) in [6.07, 6.45) is 1.23. The first-order valence-electron chi connectivity index (χ1n) is 9.24. The largest absolute Gasteiger partial charge is 0.393 e. The molecule has 2 aromatic carbocycles. The number of halogens is 2. The van der Waals surface area contributed by atoms with Crippen LogP contribution in [-0.2, 0) is 0 Å². The van der Waals surface area contributed by atoms with Gasteiger partial charge in [0.25, 0.3) is 5.91 Å². The molecule has 1 aliphatic rings. The van der Waals surface area contributed by atoms with Crippen molar-refractivity contribution in [2.75, 3.05) is 23.3 Å². The lowest BCUT2D eigenvalue weighted by atomic mass is 10.1.